The van der Waals surface area contributed by atoms with Gasteiger partial charge in [0.2, 0.25) is 0 Å². The van der Waals surface area contributed by atoms with E-state index >= 15 is 0 Å². The van der Waals surface area contributed by atoms with Crippen molar-refractivity contribution >= 4 is 10.0 Å². The highest BCUT2D eigenvalue weighted by atomic mass is 32.2. The van der Waals surface area contributed by atoms with E-state index in [1.807, 2.05) is 0 Å². The normalized spacial score (nSPS) is 23.4. The van der Waals surface area contributed by atoms with E-state index in [0.29, 0.717) is 19.6 Å². The number of H-pyrrole nitrogens is 1. The predicted octanol–water partition coefficient (Wildman–Crippen LogP) is -0.621. The van der Waals surface area contributed by atoms with Crippen molar-refractivity contribution in [3.05, 3.63) is 12.3 Å². The molecule has 0 bridgehead atoms. The smallest absolute Gasteiger partial charge is 0.259 e. The number of hydrogen-bond donors (Lipinski definition) is 2. The summed E-state index contributed by atoms with van der Waals surface area (Å²) in [5.41, 5.74) is 5.52. The number of aromatic nitrogens is 2. The van der Waals surface area contributed by atoms with Gasteiger partial charge in [-0.2, -0.15) is 9.40 Å². The van der Waals surface area contributed by atoms with Crippen molar-refractivity contribution < 1.29 is 8.42 Å². The van der Waals surface area contributed by atoms with Crippen molar-refractivity contribution in [2.24, 2.45) is 11.7 Å². The second-order valence-corrected chi connectivity index (χ2v) is 5.58. The summed E-state index contributed by atoms with van der Waals surface area (Å²) in [6, 6.07) is 1.46. The first-order chi connectivity index (χ1) is 7.14. The van der Waals surface area contributed by atoms with Crippen molar-refractivity contribution in [2.75, 3.05) is 19.6 Å². The van der Waals surface area contributed by atoms with Crippen LogP contribution in [0.25, 0.3) is 0 Å². The average Bonchev–Trinajstić information content (AvgIpc) is 2.89. The molecule has 1 aromatic rings. The van der Waals surface area contributed by atoms with Crippen LogP contribution >= 0.6 is 0 Å². The van der Waals surface area contributed by atoms with E-state index in [1.54, 1.807) is 0 Å². The molecule has 1 atom stereocenters. The second kappa shape index (κ2) is 3.92. The molecule has 3 N–H and O–H groups in total. The Morgan fingerprint density at radius 1 is 1.67 bits per heavy atom. The monoisotopic (exact) mass is 230 g/mol. The third-order valence-corrected chi connectivity index (χ3v) is 4.47. The van der Waals surface area contributed by atoms with Crippen LogP contribution in [0.2, 0.25) is 0 Å². The third-order valence-electron chi connectivity index (χ3n) is 2.67. The maximum atomic E-state index is 12.0. The standard InChI is InChI=1S/C8H14N4O2S/c9-5-7-2-4-12(6-7)15(13,14)8-1-3-10-11-8/h1,3,7H,2,4-6,9H2,(H,10,11). The first kappa shape index (κ1) is 10.6. The van der Waals surface area contributed by atoms with E-state index in [1.165, 1.54) is 16.6 Å². The van der Waals surface area contributed by atoms with Gasteiger partial charge in [-0.15, -0.1) is 0 Å². The van der Waals surface area contributed by atoms with Crippen LogP contribution in [0.15, 0.2) is 17.3 Å². The van der Waals surface area contributed by atoms with Crippen LogP contribution in [-0.4, -0.2) is 42.6 Å². The lowest BCUT2D eigenvalue weighted by atomic mass is 10.1. The Bertz CT molecular complexity index is 414. The Kier molecular flexibility index (Phi) is 2.76. The zero-order chi connectivity index (χ0) is 10.9. The fraction of sp³-hybridized carbons (Fsp3) is 0.625. The van der Waals surface area contributed by atoms with Crippen LogP contribution in [0.3, 0.4) is 0 Å². The summed E-state index contributed by atoms with van der Waals surface area (Å²) >= 11 is 0. The average molecular weight is 230 g/mol. The highest BCUT2D eigenvalue weighted by Gasteiger charge is 2.32. The van der Waals surface area contributed by atoms with Crippen LogP contribution in [0, 0.1) is 5.92 Å². The lowest BCUT2D eigenvalue weighted by Crippen LogP contribution is -2.30. The largest absolute Gasteiger partial charge is 0.330 e. The van der Waals surface area contributed by atoms with Gasteiger partial charge in [-0.25, -0.2) is 8.42 Å². The van der Waals surface area contributed by atoms with Gasteiger partial charge in [-0.1, -0.05) is 0 Å². The van der Waals surface area contributed by atoms with Crippen molar-refractivity contribution in [1.29, 1.82) is 0 Å². The first-order valence-corrected chi connectivity index (χ1v) is 6.28. The first-order valence-electron chi connectivity index (χ1n) is 4.84. The number of hydrogen-bond acceptors (Lipinski definition) is 4. The number of rotatable bonds is 3. The number of aromatic amines is 1. The maximum Gasteiger partial charge on any atom is 0.259 e. The lowest BCUT2D eigenvalue weighted by Gasteiger charge is -2.14. The van der Waals surface area contributed by atoms with Crippen LogP contribution in [0.1, 0.15) is 6.42 Å². The number of nitrogens with zero attached hydrogens (tertiary/aromatic N) is 2. The molecule has 6 nitrogen and oxygen atoms in total. The molecule has 1 saturated heterocycles. The van der Waals surface area contributed by atoms with Crippen molar-refractivity contribution in [3.8, 4) is 0 Å². The topological polar surface area (TPSA) is 92.1 Å². The summed E-state index contributed by atoms with van der Waals surface area (Å²) in [6.45, 7) is 1.59. The SMILES string of the molecule is NCC1CCN(S(=O)(=O)c2ccn[nH]2)C1. The van der Waals surface area contributed by atoms with E-state index < -0.39 is 10.0 Å². The molecule has 1 unspecified atom stereocenters. The molecule has 0 aromatic carbocycles. The minimum absolute atomic E-state index is 0.153. The van der Waals surface area contributed by atoms with Gasteiger partial charge in [0.25, 0.3) is 10.0 Å². The highest BCUT2D eigenvalue weighted by Crippen LogP contribution is 2.22. The zero-order valence-corrected chi connectivity index (χ0v) is 9.07. The van der Waals surface area contributed by atoms with Gasteiger partial charge in [-0.05, 0) is 24.9 Å². The van der Waals surface area contributed by atoms with Crippen LogP contribution in [0.4, 0.5) is 0 Å². The molecule has 0 saturated carbocycles. The molecule has 2 heterocycles. The zero-order valence-electron chi connectivity index (χ0n) is 8.26. The lowest BCUT2D eigenvalue weighted by molar-refractivity contribution is 0.456. The van der Waals surface area contributed by atoms with Crippen molar-refractivity contribution in [3.63, 3.8) is 0 Å². The molecular formula is C8H14N4O2S. The molecule has 1 fully saturated rings. The molecule has 0 spiro atoms. The fourth-order valence-corrected chi connectivity index (χ4v) is 3.17. The van der Waals surface area contributed by atoms with Gasteiger partial charge in [0.05, 0.1) is 6.20 Å². The minimum atomic E-state index is -3.38. The van der Waals surface area contributed by atoms with Gasteiger partial charge >= 0.3 is 0 Å². The molecule has 1 aliphatic rings. The molecule has 0 amide bonds. The number of nitrogens with one attached hydrogen (secondary N) is 1. The summed E-state index contributed by atoms with van der Waals surface area (Å²) < 4.78 is 25.4. The van der Waals surface area contributed by atoms with E-state index in [2.05, 4.69) is 10.2 Å². The maximum absolute atomic E-state index is 12.0. The van der Waals surface area contributed by atoms with E-state index in [9.17, 15) is 8.42 Å². The summed E-state index contributed by atoms with van der Waals surface area (Å²) in [6.07, 6.45) is 2.27. The molecule has 15 heavy (non-hydrogen) atoms. The third kappa shape index (κ3) is 1.90. The van der Waals surface area contributed by atoms with Gasteiger partial charge < -0.3 is 5.73 Å². The quantitative estimate of drug-likeness (QED) is 0.723. The molecule has 0 radical (unpaired) electrons. The number of sulfonamides is 1. The summed E-state index contributed by atoms with van der Waals surface area (Å²) in [7, 11) is -3.38. The van der Waals surface area contributed by atoms with E-state index in [0.717, 1.165) is 6.42 Å². The van der Waals surface area contributed by atoms with Crippen LogP contribution in [-0.2, 0) is 10.0 Å². The van der Waals surface area contributed by atoms with Gasteiger partial charge in [0.15, 0.2) is 5.03 Å². The second-order valence-electron chi connectivity index (χ2n) is 3.67. The summed E-state index contributed by atoms with van der Waals surface area (Å²) in [4.78, 5) is 0. The molecule has 0 aliphatic carbocycles. The molecule has 7 heteroatoms. The van der Waals surface area contributed by atoms with Gasteiger partial charge in [-0.3, -0.25) is 5.10 Å². The van der Waals surface area contributed by atoms with E-state index in [4.69, 9.17) is 5.73 Å². The van der Waals surface area contributed by atoms with Crippen molar-refractivity contribution in [2.45, 2.75) is 11.4 Å². The Labute approximate surface area is 88.5 Å². The fourth-order valence-electron chi connectivity index (χ4n) is 1.73. The van der Waals surface area contributed by atoms with Crippen LogP contribution < -0.4 is 5.73 Å². The van der Waals surface area contributed by atoms with E-state index in [-0.39, 0.29) is 10.9 Å². The Hall–Kier alpha value is -0.920. The minimum Gasteiger partial charge on any atom is -0.330 e. The molecule has 2 rings (SSSR count). The highest BCUT2D eigenvalue weighted by molar-refractivity contribution is 7.89. The molecule has 1 aromatic heterocycles. The Morgan fingerprint density at radius 3 is 3.00 bits per heavy atom. The van der Waals surface area contributed by atoms with Crippen LogP contribution in [0.5, 0.6) is 0 Å². The molecule has 84 valence electrons. The van der Waals surface area contributed by atoms with Gasteiger partial charge in [0.1, 0.15) is 0 Å². The molecule has 1 aliphatic heterocycles. The Balaban J connectivity index is 2.18. The predicted molar refractivity (Wildman–Crippen MR) is 54.5 cm³/mol. The van der Waals surface area contributed by atoms with Gasteiger partial charge in [0, 0.05) is 13.1 Å². The van der Waals surface area contributed by atoms with Crippen molar-refractivity contribution in [1.82, 2.24) is 14.5 Å². The number of nitrogens with two attached hydrogens (primary N) is 1. The molecular weight excluding hydrogens is 216 g/mol. The Morgan fingerprint density at radius 2 is 2.47 bits per heavy atom. The summed E-state index contributed by atoms with van der Waals surface area (Å²) in [5, 5.41) is 6.27. The summed E-state index contributed by atoms with van der Waals surface area (Å²) in [5.74, 6) is 0.280.